The summed E-state index contributed by atoms with van der Waals surface area (Å²) in [6.45, 7) is 3.55. The second kappa shape index (κ2) is 8.60. The summed E-state index contributed by atoms with van der Waals surface area (Å²) in [7, 11) is 0.556. The average Bonchev–Trinajstić information content (AvgIpc) is 2.99. The molecule has 0 spiro atoms. The van der Waals surface area contributed by atoms with Crippen LogP contribution in [0, 0.1) is 13.8 Å². The van der Waals surface area contributed by atoms with Gasteiger partial charge in [-0.25, -0.2) is 8.42 Å². The van der Waals surface area contributed by atoms with Crippen LogP contribution >= 0.6 is 0 Å². The van der Waals surface area contributed by atoms with Gasteiger partial charge < -0.3 is 14.8 Å². The molecule has 0 fully saturated rings. The first-order valence-corrected chi connectivity index (χ1v) is 10.5. The fourth-order valence-electron chi connectivity index (χ4n) is 2.86. The second-order valence-electron chi connectivity index (χ2n) is 6.54. The highest BCUT2D eigenvalue weighted by molar-refractivity contribution is 7.92. The van der Waals surface area contributed by atoms with Crippen molar-refractivity contribution in [1.29, 1.82) is 0 Å². The SMILES string of the molecule is COc1cc(NS(=O)(=O)c2ccc(NC(=O)c3c(C)nn(C)c3C)cc2)nc(OC)n1. The normalized spacial score (nSPS) is 11.1. The monoisotopic (exact) mass is 446 g/mol. The summed E-state index contributed by atoms with van der Waals surface area (Å²) in [6, 6.07) is 7.01. The number of hydrogen-bond acceptors (Lipinski definition) is 8. The third-order valence-electron chi connectivity index (χ3n) is 4.47. The Bertz CT molecular complexity index is 1200. The Morgan fingerprint density at radius 1 is 1.06 bits per heavy atom. The van der Waals surface area contributed by atoms with E-state index in [1.807, 2.05) is 0 Å². The van der Waals surface area contributed by atoms with E-state index in [4.69, 9.17) is 9.47 Å². The Balaban J connectivity index is 1.78. The lowest BCUT2D eigenvalue weighted by atomic mass is 10.2. The minimum absolute atomic E-state index is 0.0105. The number of hydrogen-bond donors (Lipinski definition) is 2. The van der Waals surface area contributed by atoms with Crippen molar-refractivity contribution in [2.75, 3.05) is 24.3 Å². The van der Waals surface area contributed by atoms with Gasteiger partial charge in [-0.3, -0.25) is 14.2 Å². The molecule has 0 bridgehead atoms. The molecule has 164 valence electrons. The number of aromatic nitrogens is 4. The maximum Gasteiger partial charge on any atom is 0.321 e. The van der Waals surface area contributed by atoms with Crippen LogP contribution < -0.4 is 19.5 Å². The highest BCUT2D eigenvalue weighted by Crippen LogP contribution is 2.22. The highest BCUT2D eigenvalue weighted by atomic mass is 32.2. The zero-order chi connectivity index (χ0) is 22.8. The van der Waals surface area contributed by atoms with E-state index in [9.17, 15) is 13.2 Å². The maximum atomic E-state index is 12.7. The summed E-state index contributed by atoms with van der Waals surface area (Å²) >= 11 is 0. The van der Waals surface area contributed by atoms with E-state index in [2.05, 4.69) is 25.1 Å². The van der Waals surface area contributed by atoms with E-state index in [1.54, 1.807) is 25.6 Å². The van der Waals surface area contributed by atoms with Crippen molar-refractivity contribution in [1.82, 2.24) is 19.7 Å². The van der Waals surface area contributed by atoms with Crippen molar-refractivity contribution in [2.24, 2.45) is 7.05 Å². The van der Waals surface area contributed by atoms with Crippen LogP contribution in [-0.2, 0) is 17.1 Å². The summed E-state index contributed by atoms with van der Waals surface area (Å²) in [5, 5.41) is 6.97. The maximum absolute atomic E-state index is 12.7. The first kappa shape index (κ1) is 22.0. The van der Waals surface area contributed by atoms with Crippen LogP contribution in [0.25, 0.3) is 0 Å². The number of amides is 1. The van der Waals surface area contributed by atoms with Gasteiger partial charge in [0.2, 0.25) is 5.88 Å². The summed E-state index contributed by atoms with van der Waals surface area (Å²) in [5.74, 6) is -0.191. The molecule has 1 amide bonds. The van der Waals surface area contributed by atoms with E-state index in [1.165, 1.54) is 44.6 Å². The van der Waals surface area contributed by atoms with Crippen molar-refractivity contribution in [2.45, 2.75) is 18.7 Å². The van der Waals surface area contributed by atoms with Crippen LogP contribution in [0.4, 0.5) is 11.5 Å². The molecule has 0 aliphatic carbocycles. The summed E-state index contributed by atoms with van der Waals surface area (Å²) in [5.41, 5.74) is 2.26. The standard InChI is InChI=1S/C19H22N6O5S/c1-11-17(12(2)25(3)23-11)18(26)20-13-6-8-14(9-7-13)31(27,28)24-15-10-16(29-4)22-19(21-15)30-5/h6-10H,1-5H3,(H,20,26)(H,21,22,24). The first-order chi connectivity index (χ1) is 14.6. The molecule has 1 aromatic carbocycles. The largest absolute Gasteiger partial charge is 0.481 e. The summed E-state index contributed by atoms with van der Waals surface area (Å²) < 4.78 is 39.3. The predicted octanol–water partition coefficient (Wildman–Crippen LogP) is 1.90. The van der Waals surface area contributed by atoms with E-state index in [-0.39, 0.29) is 28.5 Å². The number of anilines is 2. The first-order valence-electron chi connectivity index (χ1n) is 9.06. The Morgan fingerprint density at radius 2 is 1.74 bits per heavy atom. The average molecular weight is 446 g/mol. The van der Waals surface area contributed by atoms with Gasteiger partial charge in [0.15, 0.2) is 5.82 Å². The van der Waals surface area contributed by atoms with Gasteiger partial charge in [-0.05, 0) is 38.1 Å². The van der Waals surface area contributed by atoms with E-state index in [0.717, 1.165) is 5.69 Å². The number of carbonyl (C=O) groups excluding carboxylic acids is 1. The number of sulfonamides is 1. The lowest BCUT2D eigenvalue weighted by Gasteiger charge is -2.10. The summed E-state index contributed by atoms with van der Waals surface area (Å²) in [6.07, 6.45) is 0. The number of carbonyl (C=O) groups is 1. The van der Waals surface area contributed by atoms with Crippen molar-refractivity contribution in [3.63, 3.8) is 0 Å². The van der Waals surface area contributed by atoms with Gasteiger partial charge in [0.05, 0.1) is 30.4 Å². The molecule has 2 N–H and O–H groups in total. The van der Waals surface area contributed by atoms with E-state index >= 15 is 0 Å². The molecule has 3 rings (SSSR count). The second-order valence-corrected chi connectivity index (χ2v) is 8.22. The molecule has 0 saturated carbocycles. The minimum atomic E-state index is -3.95. The van der Waals surface area contributed by atoms with Crippen molar-refractivity contribution < 1.29 is 22.7 Å². The number of nitrogens with zero attached hydrogens (tertiary/aromatic N) is 4. The van der Waals surface area contributed by atoms with Gasteiger partial charge in [-0.2, -0.15) is 15.1 Å². The molecule has 2 heterocycles. The lowest BCUT2D eigenvalue weighted by molar-refractivity contribution is 0.102. The lowest BCUT2D eigenvalue weighted by Crippen LogP contribution is -2.16. The molecule has 0 unspecified atom stereocenters. The predicted molar refractivity (Wildman–Crippen MR) is 113 cm³/mol. The van der Waals surface area contributed by atoms with Crippen LogP contribution in [0.3, 0.4) is 0 Å². The Labute approximate surface area is 179 Å². The number of ether oxygens (including phenoxy) is 2. The van der Waals surface area contributed by atoms with Crippen molar-refractivity contribution >= 4 is 27.4 Å². The molecule has 31 heavy (non-hydrogen) atoms. The van der Waals surface area contributed by atoms with Crippen LogP contribution in [0.1, 0.15) is 21.7 Å². The topological polar surface area (TPSA) is 137 Å². The molecule has 0 saturated heterocycles. The molecular weight excluding hydrogens is 424 g/mol. The molecule has 11 nitrogen and oxygen atoms in total. The van der Waals surface area contributed by atoms with Crippen molar-refractivity contribution in [3.05, 3.63) is 47.3 Å². The zero-order valence-corrected chi connectivity index (χ0v) is 18.4. The quantitative estimate of drug-likeness (QED) is 0.561. The molecule has 0 aliphatic rings. The Kier molecular flexibility index (Phi) is 6.11. The number of benzene rings is 1. The van der Waals surface area contributed by atoms with Gasteiger partial charge in [0, 0.05) is 24.5 Å². The molecule has 0 atom stereocenters. The van der Waals surface area contributed by atoms with Crippen molar-refractivity contribution in [3.8, 4) is 11.9 Å². The van der Waals surface area contributed by atoms with Crippen LogP contribution in [-0.4, -0.2) is 48.3 Å². The number of rotatable bonds is 7. The van der Waals surface area contributed by atoms with Crippen LogP contribution in [0.2, 0.25) is 0 Å². The van der Waals surface area contributed by atoms with E-state index < -0.39 is 10.0 Å². The Morgan fingerprint density at radius 3 is 2.29 bits per heavy atom. The minimum Gasteiger partial charge on any atom is -0.481 e. The Hall–Kier alpha value is -3.67. The highest BCUT2D eigenvalue weighted by Gasteiger charge is 2.19. The fraction of sp³-hybridized carbons (Fsp3) is 0.263. The summed E-state index contributed by atoms with van der Waals surface area (Å²) in [4.78, 5) is 20.4. The zero-order valence-electron chi connectivity index (χ0n) is 17.6. The van der Waals surface area contributed by atoms with Gasteiger partial charge in [0.1, 0.15) is 0 Å². The van der Waals surface area contributed by atoms with Gasteiger partial charge in [-0.15, -0.1) is 0 Å². The number of nitrogens with one attached hydrogen (secondary N) is 2. The van der Waals surface area contributed by atoms with E-state index in [0.29, 0.717) is 16.9 Å². The fourth-order valence-corrected chi connectivity index (χ4v) is 3.85. The molecular formula is C19H22N6O5S. The third-order valence-corrected chi connectivity index (χ3v) is 5.84. The molecule has 2 aromatic heterocycles. The number of aryl methyl sites for hydroxylation is 2. The van der Waals surface area contributed by atoms with Gasteiger partial charge in [0.25, 0.3) is 15.9 Å². The van der Waals surface area contributed by atoms with Crippen LogP contribution in [0.5, 0.6) is 11.9 Å². The van der Waals surface area contributed by atoms with Crippen LogP contribution in [0.15, 0.2) is 35.2 Å². The third kappa shape index (κ3) is 4.74. The smallest absolute Gasteiger partial charge is 0.321 e. The molecule has 12 heteroatoms. The van der Waals surface area contributed by atoms with Gasteiger partial charge >= 0.3 is 6.01 Å². The van der Waals surface area contributed by atoms with Gasteiger partial charge in [-0.1, -0.05) is 0 Å². The molecule has 3 aromatic rings. The number of methoxy groups -OCH3 is 2. The molecule has 0 aliphatic heterocycles. The molecule has 0 radical (unpaired) electrons.